The number of ether oxygens (including phenoxy) is 1. The standard InChI is InChI=1S/C25H29N3O2S/c1-16-6-10-20(11-7-16)26-25(31)28(15-21-5-4-12-30-21)14-19-13-22-17(2)8-9-18(3)23(22)27-24(19)29/h6-11,13,21H,4-5,12,14-15H2,1-3H3,(H,26,31)(H,27,29)/t21-/m1/s1. The summed E-state index contributed by atoms with van der Waals surface area (Å²) in [7, 11) is 0. The van der Waals surface area contributed by atoms with Crippen molar-refractivity contribution in [1.82, 2.24) is 9.88 Å². The number of nitrogens with one attached hydrogen (secondary N) is 2. The minimum absolute atomic E-state index is 0.0725. The van der Waals surface area contributed by atoms with Crippen LogP contribution in [0, 0.1) is 20.8 Å². The third-order valence-corrected chi connectivity index (χ3v) is 6.28. The van der Waals surface area contributed by atoms with Gasteiger partial charge >= 0.3 is 0 Å². The second-order valence-electron chi connectivity index (χ2n) is 8.42. The quantitative estimate of drug-likeness (QED) is 0.562. The summed E-state index contributed by atoms with van der Waals surface area (Å²) in [6.45, 7) is 8.00. The Hall–Kier alpha value is -2.70. The fourth-order valence-corrected chi connectivity index (χ4v) is 4.29. The fourth-order valence-electron chi connectivity index (χ4n) is 4.03. The second kappa shape index (κ2) is 9.20. The van der Waals surface area contributed by atoms with Gasteiger partial charge in [-0.15, -0.1) is 0 Å². The first-order valence-electron chi connectivity index (χ1n) is 10.8. The van der Waals surface area contributed by atoms with E-state index in [0.717, 1.165) is 47.2 Å². The van der Waals surface area contributed by atoms with Crippen LogP contribution in [0.3, 0.4) is 0 Å². The van der Waals surface area contributed by atoms with Gasteiger partial charge in [-0.2, -0.15) is 0 Å². The lowest BCUT2D eigenvalue weighted by molar-refractivity contribution is 0.0904. The topological polar surface area (TPSA) is 57.4 Å². The minimum atomic E-state index is -0.0725. The monoisotopic (exact) mass is 435 g/mol. The molecule has 1 saturated heterocycles. The van der Waals surface area contributed by atoms with E-state index in [2.05, 4.69) is 42.3 Å². The molecule has 2 heterocycles. The van der Waals surface area contributed by atoms with E-state index in [1.165, 1.54) is 5.56 Å². The van der Waals surface area contributed by atoms with Crippen LogP contribution in [0.25, 0.3) is 10.9 Å². The van der Waals surface area contributed by atoms with Gasteiger partial charge < -0.3 is 19.9 Å². The molecule has 4 rings (SSSR count). The Balaban J connectivity index is 1.63. The average molecular weight is 436 g/mol. The summed E-state index contributed by atoms with van der Waals surface area (Å²) in [5.74, 6) is 0. The molecule has 1 aliphatic heterocycles. The molecule has 1 aliphatic rings. The Kier molecular flexibility index (Phi) is 6.39. The van der Waals surface area contributed by atoms with E-state index in [1.807, 2.05) is 36.1 Å². The second-order valence-corrected chi connectivity index (χ2v) is 8.81. The van der Waals surface area contributed by atoms with Crippen LogP contribution in [0.15, 0.2) is 47.3 Å². The average Bonchev–Trinajstić information content (AvgIpc) is 3.26. The highest BCUT2D eigenvalue weighted by molar-refractivity contribution is 7.80. The van der Waals surface area contributed by atoms with Crippen LogP contribution in [0.4, 0.5) is 5.69 Å². The van der Waals surface area contributed by atoms with Gasteiger partial charge in [-0.1, -0.05) is 29.8 Å². The summed E-state index contributed by atoms with van der Waals surface area (Å²) in [6.07, 6.45) is 2.20. The molecule has 6 heteroatoms. The number of aryl methyl sites for hydroxylation is 3. The number of thiocarbonyl (C=S) groups is 1. The number of hydrogen-bond donors (Lipinski definition) is 2. The van der Waals surface area contributed by atoms with Crippen molar-refractivity contribution in [1.29, 1.82) is 0 Å². The molecule has 1 atom stereocenters. The number of aromatic nitrogens is 1. The van der Waals surface area contributed by atoms with Crippen molar-refractivity contribution in [3.8, 4) is 0 Å². The van der Waals surface area contributed by atoms with Crippen LogP contribution in [0.2, 0.25) is 0 Å². The number of aromatic amines is 1. The van der Waals surface area contributed by atoms with Gasteiger partial charge in [0.25, 0.3) is 5.56 Å². The summed E-state index contributed by atoms with van der Waals surface area (Å²) in [4.78, 5) is 18.0. The van der Waals surface area contributed by atoms with Crippen LogP contribution < -0.4 is 10.9 Å². The van der Waals surface area contributed by atoms with Crippen LogP contribution in [0.1, 0.15) is 35.1 Å². The number of benzene rings is 2. The molecule has 0 unspecified atom stereocenters. The maximum Gasteiger partial charge on any atom is 0.253 e. The normalized spacial score (nSPS) is 15.9. The van der Waals surface area contributed by atoms with Crippen LogP contribution in [0.5, 0.6) is 0 Å². The maximum atomic E-state index is 12.9. The fraction of sp³-hybridized carbons (Fsp3) is 0.360. The van der Waals surface area contributed by atoms with E-state index in [0.29, 0.717) is 23.8 Å². The summed E-state index contributed by atoms with van der Waals surface area (Å²) in [6, 6.07) is 14.3. The van der Waals surface area contributed by atoms with Gasteiger partial charge in [0, 0.05) is 29.8 Å². The molecule has 0 radical (unpaired) electrons. The van der Waals surface area contributed by atoms with Crippen LogP contribution in [-0.4, -0.2) is 34.3 Å². The first-order chi connectivity index (χ1) is 14.9. The molecule has 1 aromatic heterocycles. The van der Waals surface area contributed by atoms with Crippen LogP contribution >= 0.6 is 12.2 Å². The van der Waals surface area contributed by atoms with E-state index < -0.39 is 0 Å². The van der Waals surface area contributed by atoms with E-state index in [-0.39, 0.29) is 11.7 Å². The molecule has 2 aromatic carbocycles. The first kappa shape index (κ1) is 21.5. The molecule has 0 aliphatic carbocycles. The van der Waals surface area contributed by atoms with Gasteiger partial charge in [0.15, 0.2) is 5.11 Å². The van der Waals surface area contributed by atoms with Crippen molar-refractivity contribution < 1.29 is 4.74 Å². The zero-order valence-corrected chi connectivity index (χ0v) is 19.1. The smallest absolute Gasteiger partial charge is 0.253 e. The number of H-pyrrole nitrogens is 1. The van der Waals surface area contributed by atoms with Crippen molar-refractivity contribution >= 4 is 33.9 Å². The largest absolute Gasteiger partial charge is 0.376 e. The molecule has 0 saturated carbocycles. The van der Waals surface area contributed by atoms with Gasteiger partial charge in [-0.05, 0) is 75.2 Å². The maximum absolute atomic E-state index is 12.9. The lowest BCUT2D eigenvalue weighted by atomic mass is 10.0. The molecule has 0 amide bonds. The Morgan fingerprint density at radius 1 is 1.16 bits per heavy atom. The van der Waals surface area contributed by atoms with Gasteiger partial charge in [0.1, 0.15) is 0 Å². The van der Waals surface area contributed by atoms with Crippen LogP contribution in [-0.2, 0) is 11.3 Å². The molecule has 1 fully saturated rings. The number of anilines is 1. The highest BCUT2D eigenvalue weighted by Gasteiger charge is 2.22. The number of nitrogens with zero attached hydrogens (tertiary/aromatic N) is 1. The highest BCUT2D eigenvalue weighted by Crippen LogP contribution is 2.21. The highest BCUT2D eigenvalue weighted by atomic mass is 32.1. The van der Waals surface area contributed by atoms with Crippen molar-refractivity contribution in [2.45, 2.75) is 46.3 Å². The summed E-state index contributed by atoms with van der Waals surface area (Å²) in [5.41, 5.74) is 5.87. The molecule has 162 valence electrons. The molecule has 2 N–H and O–H groups in total. The van der Waals surface area contributed by atoms with E-state index in [9.17, 15) is 4.79 Å². The van der Waals surface area contributed by atoms with Crippen molar-refractivity contribution in [2.75, 3.05) is 18.5 Å². The zero-order valence-electron chi connectivity index (χ0n) is 18.3. The Bertz CT molecular complexity index is 1150. The summed E-state index contributed by atoms with van der Waals surface area (Å²) in [5, 5.41) is 5.00. The molecule has 0 bridgehead atoms. The Labute approximate surface area is 188 Å². The first-order valence-corrected chi connectivity index (χ1v) is 11.2. The lowest BCUT2D eigenvalue weighted by Gasteiger charge is -2.28. The molecular weight excluding hydrogens is 406 g/mol. The van der Waals surface area contributed by atoms with Gasteiger partial charge in [0.05, 0.1) is 18.2 Å². The predicted molar refractivity (Wildman–Crippen MR) is 131 cm³/mol. The Morgan fingerprint density at radius 3 is 2.61 bits per heavy atom. The molecule has 3 aromatic rings. The van der Waals surface area contributed by atoms with Gasteiger partial charge in [0.2, 0.25) is 0 Å². The summed E-state index contributed by atoms with van der Waals surface area (Å²) < 4.78 is 5.86. The molecule has 0 spiro atoms. The van der Waals surface area contributed by atoms with E-state index in [1.54, 1.807) is 0 Å². The predicted octanol–water partition coefficient (Wildman–Crippen LogP) is 4.83. The van der Waals surface area contributed by atoms with Crippen molar-refractivity contribution in [3.63, 3.8) is 0 Å². The lowest BCUT2D eigenvalue weighted by Crippen LogP contribution is -2.40. The number of pyridine rings is 1. The van der Waals surface area contributed by atoms with Gasteiger partial charge in [-0.3, -0.25) is 4.79 Å². The van der Waals surface area contributed by atoms with Crippen molar-refractivity contribution in [3.05, 3.63) is 75.1 Å². The van der Waals surface area contributed by atoms with Gasteiger partial charge in [-0.25, -0.2) is 0 Å². The SMILES string of the molecule is Cc1ccc(NC(=S)N(Cc2cc3c(C)ccc(C)c3[nH]c2=O)C[C@H]2CCCO2)cc1. The van der Waals surface area contributed by atoms with E-state index in [4.69, 9.17) is 17.0 Å². The third-order valence-electron chi connectivity index (χ3n) is 5.92. The summed E-state index contributed by atoms with van der Waals surface area (Å²) >= 11 is 5.76. The Morgan fingerprint density at radius 2 is 1.90 bits per heavy atom. The number of rotatable bonds is 5. The minimum Gasteiger partial charge on any atom is -0.376 e. The third kappa shape index (κ3) is 4.97. The number of hydrogen-bond acceptors (Lipinski definition) is 3. The molecule has 31 heavy (non-hydrogen) atoms. The molecular formula is C25H29N3O2S. The number of fused-ring (bicyclic) bond motifs is 1. The zero-order chi connectivity index (χ0) is 22.0. The van der Waals surface area contributed by atoms with Crippen molar-refractivity contribution in [2.24, 2.45) is 0 Å². The molecule has 5 nitrogen and oxygen atoms in total. The van der Waals surface area contributed by atoms with E-state index >= 15 is 0 Å².